The smallest absolute Gasteiger partial charge is 0.230 e. The lowest BCUT2D eigenvalue weighted by molar-refractivity contribution is -0.130. The van der Waals surface area contributed by atoms with E-state index in [9.17, 15) is 4.79 Å². The van der Waals surface area contributed by atoms with Crippen molar-refractivity contribution in [3.63, 3.8) is 0 Å². The van der Waals surface area contributed by atoms with Crippen molar-refractivity contribution < 1.29 is 9.53 Å². The Kier molecular flexibility index (Phi) is 6.11. The first kappa shape index (κ1) is 19.6. The number of hydrogen-bond acceptors (Lipinski definition) is 4. The summed E-state index contributed by atoms with van der Waals surface area (Å²) in [6.07, 6.45) is 6.75. The van der Waals surface area contributed by atoms with E-state index >= 15 is 0 Å². The molecule has 1 aromatic carbocycles. The van der Waals surface area contributed by atoms with Crippen molar-refractivity contribution in [2.24, 2.45) is 0 Å². The molecule has 2 aliphatic heterocycles. The molecule has 1 N–H and O–H groups in total. The second-order valence-electron chi connectivity index (χ2n) is 7.70. The largest absolute Gasteiger partial charge is 0.381 e. The van der Waals surface area contributed by atoms with Crippen molar-refractivity contribution in [2.45, 2.75) is 56.9 Å². The number of aryl methyl sites for hydroxylation is 1. The number of aromatic nitrogens is 3. The average molecular weight is 447 g/mol. The Bertz CT molecular complexity index is 812. The van der Waals surface area contributed by atoms with E-state index < -0.39 is 5.41 Å². The highest BCUT2D eigenvalue weighted by Gasteiger charge is 2.41. The van der Waals surface area contributed by atoms with Gasteiger partial charge in [0, 0.05) is 43.6 Å². The van der Waals surface area contributed by atoms with E-state index in [-0.39, 0.29) is 5.91 Å². The third kappa shape index (κ3) is 4.01. The van der Waals surface area contributed by atoms with Gasteiger partial charge in [-0.25, -0.2) is 0 Å². The zero-order valence-electron chi connectivity index (χ0n) is 16.1. The Morgan fingerprint density at radius 2 is 1.93 bits per heavy atom. The molecule has 0 saturated carbocycles. The molecule has 0 bridgehead atoms. The number of carbonyl (C=O) groups is 1. The van der Waals surface area contributed by atoms with Crippen LogP contribution in [-0.4, -0.2) is 40.4 Å². The number of nitrogens with zero attached hydrogens (tertiary/aromatic N) is 3. The first-order valence-corrected chi connectivity index (χ1v) is 11.0. The summed E-state index contributed by atoms with van der Waals surface area (Å²) >= 11 is 3.48. The third-order valence-corrected chi connectivity index (χ3v) is 6.53. The van der Waals surface area contributed by atoms with Crippen LogP contribution in [0.1, 0.15) is 49.3 Å². The van der Waals surface area contributed by atoms with Gasteiger partial charge in [0.15, 0.2) is 0 Å². The van der Waals surface area contributed by atoms with Crippen LogP contribution >= 0.6 is 15.9 Å². The number of nitrogens with one attached hydrogen (secondary N) is 1. The topological polar surface area (TPSA) is 69.0 Å². The first-order chi connectivity index (χ1) is 13.7. The molecule has 1 saturated heterocycles. The van der Waals surface area contributed by atoms with Crippen LogP contribution < -0.4 is 5.32 Å². The van der Waals surface area contributed by atoms with Gasteiger partial charge in [0.25, 0.3) is 0 Å². The molecule has 28 heavy (non-hydrogen) atoms. The van der Waals surface area contributed by atoms with Crippen LogP contribution in [0.25, 0.3) is 0 Å². The molecule has 150 valence electrons. The maximum Gasteiger partial charge on any atom is 0.230 e. The van der Waals surface area contributed by atoms with E-state index in [2.05, 4.69) is 36.0 Å². The number of ether oxygens (including phenoxy) is 1. The van der Waals surface area contributed by atoms with Crippen molar-refractivity contribution in [3.8, 4) is 0 Å². The zero-order chi connectivity index (χ0) is 19.4. The van der Waals surface area contributed by atoms with Gasteiger partial charge in [-0.05, 0) is 43.4 Å². The van der Waals surface area contributed by atoms with Crippen molar-refractivity contribution in [1.82, 2.24) is 20.1 Å². The highest BCUT2D eigenvalue weighted by atomic mass is 79.9. The van der Waals surface area contributed by atoms with E-state index in [1.807, 2.05) is 24.3 Å². The fourth-order valence-corrected chi connectivity index (χ4v) is 4.59. The molecule has 3 heterocycles. The number of hydrogen-bond donors (Lipinski definition) is 1. The lowest BCUT2D eigenvalue weighted by atomic mass is 9.73. The van der Waals surface area contributed by atoms with Crippen LogP contribution in [0.3, 0.4) is 0 Å². The van der Waals surface area contributed by atoms with Gasteiger partial charge in [0.2, 0.25) is 5.91 Å². The normalized spacial score (nSPS) is 18.9. The van der Waals surface area contributed by atoms with Crippen LogP contribution in [0.4, 0.5) is 0 Å². The molecule has 1 aromatic heterocycles. The lowest BCUT2D eigenvalue weighted by Crippen LogP contribution is -2.48. The van der Waals surface area contributed by atoms with E-state index in [4.69, 9.17) is 4.74 Å². The van der Waals surface area contributed by atoms with E-state index in [1.165, 1.54) is 19.3 Å². The molecule has 0 radical (unpaired) electrons. The van der Waals surface area contributed by atoms with Gasteiger partial charge in [-0.3, -0.25) is 4.79 Å². The molecule has 6 nitrogen and oxygen atoms in total. The summed E-state index contributed by atoms with van der Waals surface area (Å²) in [5.74, 6) is 2.17. The summed E-state index contributed by atoms with van der Waals surface area (Å²) < 4.78 is 8.81. The quantitative estimate of drug-likeness (QED) is 0.765. The third-order valence-electron chi connectivity index (χ3n) is 6.00. The van der Waals surface area contributed by atoms with Gasteiger partial charge in [0.05, 0.1) is 5.41 Å². The predicted octanol–water partition coefficient (Wildman–Crippen LogP) is 3.17. The molecule has 1 fully saturated rings. The fraction of sp³-hybridized carbons (Fsp3) is 0.571. The zero-order valence-corrected chi connectivity index (χ0v) is 17.7. The number of rotatable bonds is 5. The minimum Gasteiger partial charge on any atom is -0.381 e. The summed E-state index contributed by atoms with van der Waals surface area (Å²) in [6, 6.07) is 8.11. The lowest BCUT2D eigenvalue weighted by Gasteiger charge is -2.36. The number of benzene rings is 1. The highest BCUT2D eigenvalue weighted by Crippen LogP contribution is 2.35. The Morgan fingerprint density at radius 3 is 2.71 bits per heavy atom. The van der Waals surface area contributed by atoms with Gasteiger partial charge >= 0.3 is 0 Å². The molecule has 0 unspecified atom stereocenters. The monoisotopic (exact) mass is 446 g/mol. The van der Waals surface area contributed by atoms with Crippen molar-refractivity contribution >= 4 is 21.8 Å². The van der Waals surface area contributed by atoms with E-state index in [1.54, 1.807) is 0 Å². The van der Waals surface area contributed by atoms with Crippen molar-refractivity contribution in [3.05, 3.63) is 46.0 Å². The minimum atomic E-state index is -0.513. The Morgan fingerprint density at radius 1 is 1.14 bits per heavy atom. The van der Waals surface area contributed by atoms with Crippen LogP contribution in [-0.2, 0) is 34.3 Å². The summed E-state index contributed by atoms with van der Waals surface area (Å²) in [7, 11) is 0. The Balaban J connectivity index is 1.44. The second kappa shape index (κ2) is 8.74. The van der Waals surface area contributed by atoms with Crippen LogP contribution in [0.2, 0.25) is 0 Å². The molecule has 2 aliphatic rings. The molecule has 2 aromatic rings. The van der Waals surface area contributed by atoms with Crippen LogP contribution in [0.5, 0.6) is 0 Å². The van der Waals surface area contributed by atoms with Gasteiger partial charge in [-0.1, -0.05) is 34.5 Å². The van der Waals surface area contributed by atoms with Gasteiger partial charge in [-0.15, -0.1) is 10.2 Å². The first-order valence-electron chi connectivity index (χ1n) is 10.2. The van der Waals surface area contributed by atoms with Gasteiger partial charge in [-0.2, -0.15) is 0 Å². The molecule has 0 spiro atoms. The Labute approximate surface area is 174 Å². The maximum atomic E-state index is 13.3. The average Bonchev–Trinajstić information content (AvgIpc) is 2.95. The Hall–Kier alpha value is -1.73. The van der Waals surface area contributed by atoms with Crippen molar-refractivity contribution in [1.29, 1.82) is 0 Å². The van der Waals surface area contributed by atoms with Gasteiger partial charge < -0.3 is 14.6 Å². The van der Waals surface area contributed by atoms with E-state index in [0.717, 1.165) is 34.7 Å². The standard InChI is InChI=1S/C21H27BrN4O2/c22-17-7-5-16(6-8-17)21(10-14-28-15-11-21)20(27)23-12-9-19-25-24-18-4-2-1-3-13-26(18)19/h5-8H,1-4,9-15H2,(H,23,27). The molecule has 0 atom stereocenters. The van der Waals surface area contributed by atoms with Crippen LogP contribution in [0.15, 0.2) is 28.7 Å². The maximum absolute atomic E-state index is 13.3. The van der Waals surface area contributed by atoms with Gasteiger partial charge in [0.1, 0.15) is 11.6 Å². The highest BCUT2D eigenvalue weighted by molar-refractivity contribution is 9.10. The predicted molar refractivity (Wildman–Crippen MR) is 110 cm³/mol. The molecule has 7 heteroatoms. The number of fused-ring (bicyclic) bond motifs is 1. The molecular formula is C21H27BrN4O2. The summed E-state index contributed by atoms with van der Waals surface area (Å²) in [6.45, 7) is 2.80. The number of carbonyl (C=O) groups excluding carboxylic acids is 1. The fourth-order valence-electron chi connectivity index (χ4n) is 4.32. The van der Waals surface area contributed by atoms with Crippen molar-refractivity contribution in [2.75, 3.05) is 19.8 Å². The molecule has 1 amide bonds. The SMILES string of the molecule is O=C(NCCc1nnc2n1CCCCC2)C1(c2ccc(Br)cc2)CCOCC1. The number of amides is 1. The second-order valence-corrected chi connectivity index (χ2v) is 8.62. The molecular weight excluding hydrogens is 420 g/mol. The summed E-state index contributed by atoms with van der Waals surface area (Å²) in [4.78, 5) is 13.3. The molecule has 4 rings (SSSR count). The minimum absolute atomic E-state index is 0.0914. The van der Waals surface area contributed by atoms with Crippen LogP contribution in [0, 0.1) is 0 Å². The number of halogens is 1. The van der Waals surface area contributed by atoms with E-state index in [0.29, 0.717) is 39.0 Å². The molecule has 0 aliphatic carbocycles. The summed E-state index contributed by atoms with van der Waals surface area (Å²) in [5.41, 5.74) is 0.550. The summed E-state index contributed by atoms with van der Waals surface area (Å²) in [5, 5.41) is 11.9.